The van der Waals surface area contributed by atoms with Gasteiger partial charge >= 0.3 is 0 Å². The van der Waals surface area contributed by atoms with E-state index >= 15 is 0 Å². The number of allylic oxidation sites excluding steroid dienone is 1. The number of amides is 2. The summed E-state index contributed by atoms with van der Waals surface area (Å²) in [5, 5.41) is 19.7. The Morgan fingerprint density at radius 1 is 1.06 bits per heavy atom. The van der Waals surface area contributed by atoms with Gasteiger partial charge in [-0.25, -0.2) is 0 Å². The minimum Gasteiger partial charge on any atom is -0.508 e. The van der Waals surface area contributed by atoms with Crippen LogP contribution in [0, 0.1) is 17.8 Å². The molecule has 0 aromatic heterocycles. The first kappa shape index (κ1) is 23.5. The summed E-state index contributed by atoms with van der Waals surface area (Å²) >= 11 is 0. The number of ether oxygens (including phenoxy) is 1. The monoisotopic (exact) mass is 473 g/mol. The first-order valence-corrected chi connectivity index (χ1v) is 12.4. The maximum atomic E-state index is 13.5. The average molecular weight is 474 g/mol. The van der Waals surface area contributed by atoms with Gasteiger partial charge in [0, 0.05) is 5.92 Å². The highest BCUT2D eigenvalue weighted by Gasteiger charge is 2.57. The van der Waals surface area contributed by atoms with Gasteiger partial charge in [-0.1, -0.05) is 48.9 Å². The van der Waals surface area contributed by atoms with E-state index in [9.17, 15) is 19.8 Å². The van der Waals surface area contributed by atoms with Crippen molar-refractivity contribution in [1.29, 1.82) is 0 Å². The van der Waals surface area contributed by atoms with Crippen molar-refractivity contribution in [3.63, 3.8) is 0 Å². The largest absolute Gasteiger partial charge is 0.508 e. The number of nitrogens with zero attached hydrogens (tertiary/aromatic N) is 1. The predicted molar refractivity (Wildman–Crippen MR) is 133 cm³/mol. The van der Waals surface area contributed by atoms with Gasteiger partial charge < -0.3 is 14.9 Å². The van der Waals surface area contributed by atoms with Crippen LogP contribution >= 0.6 is 0 Å². The smallest absolute Gasteiger partial charge is 0.238 e. The third-order valence-electron chi connectivity index (χ3n) is 7.66. The molecule has 6 nitrogen and oxygen atoms in total. The fourth-order valence-corrected chi connectivity index (χ4v) is 5.92. The quantitative estimate of drug-likeness (QED) is 0.457. The number of carbonyl (C=O) groups is 2. The second-order valence-electron chi connectivity index (χ2n) is 9.62. The number of aliphatic hydroxyl groups is 1. The molecule has 6 heteroatoms. The summed E-state index contributed by atoms with van der Waals surface area (Å²) in [4.78, 5) is 28.1. The van der Waals surface area contributed by atoms with Crippen LogP contribution in [0.4, 0.5) is 5.69 Å². The van der Waals surface area contributed by atoms with Crippen LogP contribution in [0.15, 0.2) is 71.3 Å². The molecule has 2 aromatic carbocycles. The van der Waals surface area contributed by atoms with E-state index in [0.29, 0.717) is 18.7 Å². The molecule has 0 unspecified atom stereocenters. The first-order chi connectivity index (χ1) is 17.0. The number of hydrogen-bond acceptors (Lipinski definition) is 5. The summed E-state index contributed by atoms with van der Waals surface area (Å²) in [7, 11) is 0. The third-order valence-corrected chi connectivity index (χ3v) is 7.66. The van der Waals surface area contributed by atoms with Gasteiger partial charge in [-0.2, -0.15) is 0 Å². The number of aromatic hydroxyl groups is 1. The molecule has 2 aromatic rings. The number of imide groups is 1. The van der Waals surface area contributed by atoms with Crippen LogP contribution in [-0.4, -0.2) is 41.3 Å². The van der Waals surface area contributed by atoms with E-state index in [2.05, 4.69) is 13.0 Å². The van der Waals surface area contributed by atoms with Crippen LogP contribution in [0.1, 0.15) is 38.2 Å². The first-order valence-electron chi connectivity index (χ1n) is 12.4. The predicted octanol–water partition coefficient (Wildman–Crippen LogP) is 4.48. The van der Waals surface area contributed by atoms with E-state index in [1.807, 2.05) is 30.3 Å². The SMILES string of the molecule is CC/C(=C\c1ccc(O)cc1)CC[C@H]1OC[C@H]2C1=C(CO)C[C@H]1C(=O)N(c3ccccc3)C(=O)[C@H]12. The highest BCUT2D eigenvalue weighted by molar-refractivity contribution is 6.22. The molecule has 0 bridgehead atoms. The molecule has 0 spiro atoms. The Morgan fingerprint density at radius 2 is 1.80 bits per heavy atom. The van der Waals surface area contributed by atoms with Crippen molar-refractivity contribution in [2.24, 2.45) is 17.8 Å². The van der Waals surface area contributed by atoms with Crippen molar-refractivity contribution in [2.75, 3.05) is 18.1 Å². The van der Waals surface area contributed by atoms with Crippen LogP contribution in [0.2, 0.25) is 0 Å². The zero-order valence-electron chi connectivity index (χ0n) is 19.9. The highest BCUT2D eigenvalue weighted by atomic mass is 16.5. The Morgan fingerprint density at radius 3 is 2.49 bits per heavy atom. The van der Waals surface area contributed by atoms with Gasteiger partial charge in [-0.3, -0.25) is 14.5 Å². The standard InChI is InChI=1S/C29H31NO5/c1-2-18(14-19-8-11-22(32)12-9-19)10-13-25-26-20(16-31)15-23-27(24(26)17-35-25)29(34)30(28(23)33)21-6-4-3-5-7-21/h3-9,11-12,14,23-25,27,31-32H,2,10,13,15-17H2,1H3/b18-14+/t23-,24+,25-,27-/m1/s1. The number of rotatable bonds is 7. The summed E-state index contributed by atoms with van der Waals surface area (Å²) in [5.41, 5.74) is 4.80. The molecule has 1 aliphatic carbocycles. The minimum absolute atomic E-state index is 0.119. The molecule has 182 valence electrons. The van der Waals surface area contributed by atoms with Gasteiger partial charge in [0.2, 0.25) is 11.8 Å². The molecule has 2 heterocycles. The van der Waals surface area contributed by atoms with Crippen molar-refractivity contribution >= 4 is 23.6 Å². The Kier molecular flexibility index (Phi) is 6.58. The molecule has 35 heavy (non-hydrogen) atoms. The van der Waals surface area contributed by atoms with Gasteiger partial charge in [0.25, 0.3) is 0 Å². The van der Waals surface area contributed by atoms with E-state index in [1.54, 1.807) is 24.3 Å². The van der Waals surface area contributed by atoms with Gasteiger partial charge in [-0.05, 0) is 66.7 Å². The number of benzene rings is 2. The molecule has 0 radical (unpaired) electrons. The maximum Gasteiger partial charge on any atom is 0.238 e. The summed E-state index contributed by atoms with van der Waals surface area (Å²) in [5.74, 6) is -1.13. The van der Waals surface area contributed by atoms with Crippen LogP contribution in [0.25, 0.3) is 6.08 Å². The second-order valence-corrected chi connectivity index (χ2v) is 9.62. The maximum absolute atomic E-state index is 13.5. The van der Waals surface area contributed by atoms with Crippen molar-refractivity contribution in [3.05, 3.63) is 76.9 Å². The van der Waals surface area contributed by atoms with E-state index in [-0.39, 0.29) is 36.2 Å². The zero-order chi connectivity index (χ0) is 24.5. The molecule has 2 fully saturated rings. The average Bonchev–Trinajstić information content (AvgIpc) is 3.41. The van der Waals surface area contributed by atoms with Crippen molar-refractivity contribution in [3.8, 4) is 5.75 Å². The Labute approximate surface area is 205 Å². The van der Waals surface area contributed by atoms with E-state index in [4.69, 9.17) is 4.74 Å². The lowest BCUT2D eigenvalue weighted by atomic mass is 9.69. The number of phenolic OH excluding ortho intramolecular Hbond substituents is 1. The zero-order valence-corrected chi connectivity index (χ0v) is 19.9. The number of fused-ring (bicyclic) bond motifs is 3. The molecular weight excluding hydrogens is 442 g/mol. The summed E-state index contributed by atoms with van der Waals surface area (Å²) < 4.78 is 6.21. The van der Waals surface area contributed by atoms with Crippen LogP contribution in [0.3, 0.4) is 0 Å². The molecule has 3 aliphatic rings. The Balaban J connectivity index is 1.36. The van der Waals surface area contributed by atoms with Crippen molar-refractivity contribution in [1.82, 2.24) is 0 Å². The summed E-state index contributed by atoms with van der Waals surface area (Å²) in [6.07, 6.45) is 4.87. The number of aliphatic hydroxyl groups excluding tert-OH is 1. The van der Waals surface area contributed by atoms with Crippen molar-refractivity contribution in [2.45, 2.75) is 38.7 Å². The van der Waals surface area contributed by atoms with Gasteiger partial charge in [0.1, 0.15) is 5.75 Å². The summed E-state index contributed by atoms with van der Waals surface area (Å²) in [6, 6.07) is 16.2. The molecule has 5 rings (SSSR count). The Bertz CT molecular complexity index is 1170. The van der Waals surface area contributed by atoms with E-state index < -0.39 is 11.8 Å². The number of anilines is 1. The van der Waals surface area contributed by atoms with Gasteiger partial charge in [-0.15, -0.1) is 0 Å². The van der Waals surface area contributed by atoms with Crippen LogP contribution in [0.5, 0.6) is 5.75 Å². The van der Waals surface area contributed by atoms with Gasteiger partial charge in [0.15, 0.2) is 0 Å². The normalized spacial score (nSPS) is 26.3. The van der Waals surface area contributed by atoms with E-state index in [0.717, 1.165) is 36.0 Å². The minimum atomic E-state index is -0.443. The second kappa shape index (κ2) is 9.80. The molecule has 2 saturated heterocycles. The van der Waals surface area contributed by atoms with Gasteiger partial charge in [0.05, 0.1) is 36.8 Å². The van der Waals surface area contributed by atoms with Crippen LogP contribution in [-0.2, 0) is 14.3 Å². The van der Waals surface area contributed by atoms with E-state index in [1.165, 1.54) is 10.5 Å². The number of carbonyl (C=O) groups excluding carboxylic acids is 2. The fraction of sp³-hybridized carbons (Fsp3) is 0.379. The molecule has 2 amide bonds. The molecule has 2 aliphatic heterocycles. The lowest BCUT2D eigenvalue weighted by molar-refractivity contribution is -0.122. The third kappa shape index (κ3) is 4.32. The lowest BCUT2D eigenvalue weighted by Gasteiger charge is -2.31. The number of phenols is 1. The molecule has 4 atom stereocenters. The molecule has 0 saturated carbocycles. The highest BCUT2D eigenvalue weighted by Crippen LogP contribution is 2.50. The number of para-hydroxylation sites is 1. The number of hydrogen-bond donors (Lipinski definition) is 2. The molecular formula is C29H31NO5. The van der Waals surface area contributed by atoms with Crippen LogP contribution < -0.4 is 4.90 Å². The van der Waals surface area contributed by atoms with Crippen molar-refractivity contribution < 1.29 is 24.5 Å². The fourth-order valence-electron chi connectivity index (χ4n) is 5.92. The summed E-state index contributed by atoms with van der Waals surface area (Å²) in [6.45, 7) is 2.40. The topological polar surface area (TPSA) is 87.1 Å². The Hall–Kier alpha value is -3.22. The molecule has 2 N–H and O–H groups in total. The lowest BCUT2D eigenvalue weighted by Crippen LogP contribution is -2.35.